The predicted molar refractivity (Wildman–Crippen MR) is 104 cm³/mol. The van der Waals surface area contributed by atoms with Crippen molar-refractivity contribution >= 4 is 20.6 Å². The molecule has 5 nitrogen and oxygen atoms in total. The van der Waals surface area contributed by atoms with Crippen LogP contribution in [0.5, 0.6) is 5.75 Å². The number of benzene rings is 2. The van der Waals surface area contributed by atoms with Crippen LogP contribution < -0.4 is 10.2 Å². The highest BCUT2D eigenvalue weighted by molar-refractivity contribution is 8.05. The highest BCUT2D eigenvalue weighted by Crippen LogP contribution is 2.31. The SMILES string of the molecule is COc1ccc(-c2ccccc2)cc1N/N=C(\C(C)(C)C)S(C)(=O)=O. The maximum Gasteiger partial charge on any atom is 0.191 e. The summed E-state index contributed by atoms with van der Waals surface area (Å²) in [5.41, 5.74) is 4.91. The van der Waals surface area contributed by atoms with Crippen molar-refractivity contribution in [3.8, 4) is 16.9 Å². The van der Waals surface area contributed by atoms with E-state index in [4.69, 9.17) is 4.74 Å². The molecule has 6 heteroatoms. The normalized spacial score (nSPS) is 12.8. The first-order valence-electron chi connectivity index (χ1n) is 7.90. The Morgan fingerprint density at radius 2 is 1.68 bits per heavy atom. The molecule has 0 heterocycles. The maximum atomic E-state index is 12.0. The summed E-state index contributed by atoms with van der Waals surface area (Å²) in [6.45, 7) is 5.44. The van der Waals surface area contributed by atoms with Gasteiger partial charge < -0.3 is 4.74 Å². The van der Waals surface area contributed by atoms with Gasteiger partial charge in [-0.1, -0.05) is 57.2 Å². The number of hydrogen-bond acceptors (Lipinski definition) is 5. The van der Waals surface area contributed by atoms with Crippen LogP contribution in [0, 0.1) is 5.41 Å². The fourth-order valence-electron chi connectivity index (χ4n) is 2.52. The minimum absolute atomic E-state index is 0.0900. The second-order valence-corrected chi connectivity index (χ2v) is 8.76. The van der Waals surface area contributed by atoms with E-state index in [1.54, 1.807) is 7.11 Å². The van der Waals surface area contributed by atoms with Crippen molar-refractivity contribution in [2.45, 2.75) is 20.8 Å². The van der Waals surface area contributed by atoms with Gasteiger partial charge in [-0.25, -0.2) is 8.42 Å². The molecule has 2 aromatic rings. The number of hydrogen-bond donors (Lipinski definition) is 1. The first-order chi connectivity index (χ1) is 11.6. The Balaban J connectivity index is 2.46. The summed E-state index contributed by atoms with van der Waals surface area (Å²) < 4.78 is 29.4. The van der Waals surface area contributed by atoms with Crippen molar-refractivity contribution < 1.29 is 13.2 Å². The largest absolute Gasteiger partial charge is 0.495 e. The number of hydrazone groups is 1. The highest BCUT2D eigenvalue weighted by Gasteiger charge is 2.28. The van der Waals surface area contributed by atoms with Crippen LogP contribution in [0.15, 0.2) is 53.6 Å². The Morgan fingerprint density at radius 3 is 2.20 bits per heavy atom. The van der Waals surface area contributed by atoms with Gasteiger partial charge in [-0.15, -0.1) is 0 Å². The zero-order valence-corrected chi connectivity index (χ0v) is 16.0. The Bertz CT molecular complexity index is 867. The second kappa shape index (κ2) is 7.27. The molecule has 0 radical (unpaired) electrons. The molecule has 0 aliphatic carbocycles. The molecule has 134 valence electrons. The van der Waals surface area contributed by atoms with Gasteiger partial charge in [-0.05, 0) is 23.3 Å². The molecule has 0 saturated carbocycles. The number of ether oxygens (including phenoxy) is 1. The van der Waals surface area contributed by atoms with Crippen molar-refractivity contribution in [3.05, 3.63) is 48.5 Å². The Morgan fingerprint density at radius 1 is 1.04 bits per heavy atom. The summed E-state index contributed by atoms with van der Waals surface area (Å²) in [5, 5.41) is 4.27. The molecule has 1 N–H and O–H groups in total. The van der Waals surface area contributed by atoms with E-state index in [0.29, 0.717) is 11.4 Å². The van der Waals surface area contributed by atoms with E-state index in [1.165, 1.54) is 0 Å². The number of sulfone groups is 1. The van der Waals surface area contributed by atoms with Gasteiger partial charge in [0.05, 0.1) is 12.8 Å². The average Bonchev–Trinajstić information content (AvgIpc) is 2.53. The molecule has 0 aliphatic heterocycles. The first kappa shape index (κ1) is 19.0. The molecule has 0 bridgehead atoms. The number of methoxy groups -OCH3 is 1. The van der Waals surface area contributed by atoms with Gasteiger partial charge in [0.1, 0.15) is 5.75 Å². The lowest BCUT2D eigenvalue weighted by molar-refractivity contribution is 0.416. The van der Waals surface area contributed by atoms with Crippen molar-refractivity contribution in [3.63, 3.8) is 0 Å². The van der Waals surface area contributed by atoms with Crippen LogP contribution in [0.1, 0.15) is 20.8 Å². The van der Waals surface area contributed by atoms with Gasteiger partial charge in [-0.2, -0.15) is 5.10 Å². The van der Waals surface area contributed by atoms with Crippen molar-refractivity contribution in [1.82, 2.24) is 0 Å². The third-order valence-electron chi connectivity index (χ3n) is 3.58. The smallest absolute Gasteiger partial charge is 0.191 e. The van der Waals surface area contributed by atoms with Gasteiger partial charge >= 0.3 is 0 Å². The molecule has 0 aliphatic rings. The molecule has 2 rings (SSSR count). The zero-order valence-electron chi connectivity index (χ0n) is 15.2. The van der Waals surface area contributed by atoms with Crippen LogP contribution in [0.3, 0.4) is 0 Å². The summed E-state index contributed by atoms with van der Waals surface area (Å²) in [6, 6.07) is 15.6. The molecule has 2 aromatic carbocycles. The topological polar surface area (TPSA) is 67.8 Å². The molecule has 0 unspecified atom stereocenters. The number of nitrogens with zero attached hydrogens (tertiary/aromatic N) is 1. The second-order valence-electron chi connectivity index (χ2n) is 6.83. The molecule has 0 saturated heterocycles. The molecule has 0 atom stereocenters. The average molecular weight is 360 g/mol. The summed E-state index contributed by atoms with van der Waals surface area (Å²) in [6.07, 6.45) is 1.16. The number of nitrogens with one attached hydrogen (secondary N) is 1. The minimum Gasteiger partial charge on any atom is -0.495 e. The fourth-order valence-corrected chi connectivity index (χ4v) is 3.85. The van der Waals surface area contributed by atoms with Crippen LogP contribution in [0.2, 0.25) is 0 Å². The van der Waals surface area contributed by atoms with E-state index >= 15 is 0 Å². The van der Waals surface area contributed by atoms with Crippen LogP contribution in [-0.2, 0) is 9.84 Å². The highest BCUT2D eigenvalue weighted by atomic mass is 32.2. The molecule has 0 spiro atoms. The quantitative estimate of drug-likeness (QED) is 0.505. The van der Waals surface area contributed by atoms with Crippen LogP contribution in [-0.4, -0.2) is 26.8 Å². The van der Waals surface area contributed by atoms with E-state index in [0.717, 1.165) is 17.4 Å². The molecular formula is C19H24N2O3S. The third kappa shape index (κ3) is 4.82. The Hall–Kier alpha value is -2.34. The number of rotatable bonds is 4. The summed E-state index contributed by atoms with van der Waals surface area (Å²) in [4.78, 5) is 0. The van der Waals surface area contributed by atoms with Gasteiger partial charge in [0, 0.05) is 11.7 Å². The van der Waals surface area contributed by atoms with Gasteiger partial charge in [0.25, 0.3) is 0 Å². The van der Waals surface area contributed by atoms with E-state index in [2.05, 4.69) is 10.5 Å². The van der Waals surface area contributed by atoms with Crippen LogP contribution in [0.4, 0.5) is 5.69 Å². The van der Waals surface area contributed by atoms with E-state index < -0.39 is 15.3 Å². The first-order valence-corrected chi connectivity index (χ1v) is 9.80. The van der Waals surface area contributed by atoms with E-state index in [9.17, 15) is 8.42 Å². The minimum atomic E-state index is -3.43. The monoisotopic (exact) mass is 360 g/mol. The lowest BCUT2D eigenvalue weighted by Crippen LogP contribution is -2.29. The Labute approximate surface area is 149 Å². The van der Waals surface area contributed by atoms with Gasteiger partial charge in [0.15, 0.2) is 14.9 Å². The van der Waals surface area contributed by atoms with Gasteiger partial charge in [-0.3, -0.25) is 5.43 Å². The lowest BCUT2D eigenvalue weighted by atomic mass is 9.99. The summed E-state index contributed by atoms with van der Waals surface area (Å²) >= 11 is 0. The fraction of sp³-hybridized carbons (Fsp3) is 0.316. The maximum absolute atomic E-state index is 12.0. The van der Waals surface area contributed by atoms with Crippen molar-refractivity contribution in [1.29, 1.82) is 0 Å². The van der Waals surface area contributed by atoms with Crippen molar-refractivity contribution in [2.24, 2.45) is 10.5 Å². The molecule has 0 amide bonds. The third-order valence-corrected chi connectivity index (χ3v) is 4.98. The Kier molecular flexibility index (Phi) is 5.52. The van der Waals surface area contributed by atoms with Crippen LogP contribution in [0.25, 0.3) is 11.1 Å². The van der Waals surface area contributed by atoms with Crippen LogP contribution >= 0.6 is 0 Å². The summed E-state index contributed by atoms with van der Waals surface area (Å²) in [7, 11) is -1.86. The standard InChI is InChI=1S/C19H24N2O3S/c1-19(2,3)18(25(5,22)23)21-20-16-13-15(11-12-17(16)24-4)14-9-7-6-8-10-14/h6-13,20H,1-5H3/b21-18+. The zero-order chi connectivity index (χ0) is 18.7. The predicted octanol–water partition coefficient (Wildman–Crippen LogP) is 4.18. The molecule has 0 fully saturated rings. The molecular weight excluding hydrogens is 336 g/mol. The lowest BCUT2D eigenvalue weighted by Gasteiger charge is -2.20. The van der Waals surface area contributed by atoms with Gasteiger partial charge in [0.2, 0.25) is 0 Å². The molecule has 0 aromatic heterocycles. The van der Waals surface area contributed by atoms with E-state index in [1.807, 2.05) is 69.3 Å². The molecule has 25 heavy (non-hydrogen) atoms. The summed E-state index contributed by atoms with van der Waals surface area (Å²) in [5.74, 6) is 0.588. The van der Waals surface area contributed by atoms with Crippen molar-refractivity contribution in [2.75, 3.05) is 18.8 Å². The number of anilines is 1. The van der Waals surface area contributed by atoms with E-state index in [-0.39, 0.29) is 5.04 Å².